The Labute approximate surface area is 120 Å². The lowest BCUT2D eigenvalue weighted by molar-refractivity contribution is -0.138. The number of aromatic nitrogens is 1. The summed E-state index contributed by atoms with van der Waals surface area (Å²) in [5.41, 5.74) is -1.03. The van der Waals surface area contributed by atoms with Crippen molar-refractivity contribution >= 4 is 21.8 Å². The van der Waals surface area contributed by atoms with Gasteiger partial charge in [-0.1, -0.05) is 0 Å². The Morgan fingerprint density at radius 2 is 2.26 bits per heavy atom. The molecule has 0 bridgehead atoms. The summed E-state index contributed by atoms with van der Waals surface area (Å²) < 4.78 is 2.13. The van der Waals surface area contributed by atoms with Crippen LogP contribution in [0.4, 0.5) is 0 Å². The number of likely N-dealkylation sites (tertiary alicyclic amines) is 1. The van der Waals surface area contributed by atoms with E-state index in [2.05, 4.69) is 15.9 Å². The van der Waals surface area contributed by atoms with Gasteiger partial charge in [0.15, 0.2) is 0 Å². The average Bonchev–Trinajstić information content (AvgIpc) is 2.32. The van der Waals surface area contributed by atoms with Crippen molar-refractivity contribution in [1.82, 2.24) is 9.47 Å². The molecule has 1 aromatic rings. The van der Waals surface area contributed by atoms with Crippen LogP contribution in [0.5, 0.6) is 0 Å². The summed E-state index contributed by atoms with van der Waals surface area (Å²) >= 11 is 3.28. The Kier molecular flexibility index (Phi) is 4.10. The number of hydrogen-bond donors (Lipinski definition) is 1. The molecule has 0 spiro atoms. The molecule has 2 rings (SSSR count). The number of rotatable bonds is 2. The smallest absolute Gasteiger partial charge is 0.251 e. The largest absolute Gasteiger partial charge is 0.388 e. The van der Waals surface area contributed by atoms with Gasteiger partial charge in [0.2, 0.25) is 5.91 Å². The van der Waals surface area contributed by atoms with Gasteiger partial charge in [-0.3, -0.25) is 9.59 Å². The van der Waals surface area contributed by atoms with Crippen LogP contribution in [0.25, 0.3) is 0 Å². The van der Waals surface area contributed by atoms with Crippen molar-refractivity contribution in [2.24, 2.45) is 0 Å². The number of carbonyl (C=O) groups is 1. The Balaban J connectivity index is 2.09. The number of amides is 1. The fraction of sp³-hybridized carbons (Fsp3) is 0.538. The van der Waals surface area contributed by atoms with Gasteiger partial charge in [0.25, 0.3) is 5.56 Å². The maximum absolute atomic E-state index is 12.2. The fourth-order valence-electron chi connectivity index (χ4n) is 2.30. The normalized spacial score (nSPS) is 23.4. The van der Waals surface area contributed by atoms with Crippen molar-refractivity contribution in [2.45, 2.75) is 31.9 Å². The van der Waals surface area contributed by atoms with Crippen molar-refractivity contribution in [1.29, 1.82) is 0 Å². The number of aliphatic hydroxyl groups is 1. The van der Waals surface area contributed by atoms with Crippen LogP contribution in [0.3, 0.4) is 0 Å². The Bertz CT molecular complexity index is 539. The maximum atomic E-state index is 12.2. The lowest BCUT2D eigenvalue weighted by Crippen LogP contribution is -2.49. The van der Waals surface area contributed by atoms with Gasteiger partial charge in [-0.2, -0.15) is 0 Å². The van der Waals surface area contributed by atoms with Crippen LogP contribution in [-0.4, -0.2) is 39.2 Å². The maximum Gasteiger partial charge on any atom is 0.251 e. The van der Waals surface area contributed by atoms with Gasteiger partial charge in [-0.15, -0.1) is 0 Å². The molecule has 1 amide bonds. The minimum absolute atomic E-state index is 0.00829. The van der Waals surface area contributed by atoms with Crippen molar-refractivity contribution in [3.05, 3.63) is 33.2 Å². The van der Waals surface area contributed by atoms with Gasteiger partial charge in [0.1, 0.15) is 6.54 Å². The summed E-state index contributed by atoms with van der Waals surface area (Å²) in [5.74, 6) is -0.139. The third kappa shape index (κ3) is 3.67. The van der Waals surface area contributed by atoms with Crippen molar-refractivity contribution in [2.75, 3.05) is 13.1 Å². The second-order valence-corrected chi connectivity index (χ2v) is 6.14. The predicted octanol–water partition coefficient (Wildman–Crippen LogP) is 0.984. The molecule has 2 heterocycles. The van der Waals surface area contributed by atoms with E-state index in [-0.39, 0.29) is 18.0 Å². The van der Waals surface area contributed by atoms with E-state index in [0.717, 1.165) is 10.9 Å². The van der Waals surface area contributed by atoms with Crippen LogP contribution in [0.2, 0.25) is 0 Å². The van der Waals surface area contributed by atoms with Gasteiger partial charge in [0.05, 0.1) is 5.60 Å². The molecule has 1 N–H and O–H groups in total. The zero-order valence-corrected chi connectivity index (χ0v) is 12.4. The lowest BCUT2D eigenvalue weighted by atomic mass is 9.95. The highest BCUT2D eigenvalue weighted by molar-refractivity contribution is 9.10. The number of carbonyl (C=O) groups excluding carboxylic acids is 1. The number of halogens is 1. The second-order valence-electron chi connectivity index (χ2n) is 5.23. The highest BCUT2D eigenvalue weighted by Crippen LogP contribution is 2.20. The second kappa shape index (κ2) is 5.46. The number of piperidine rings is 1. The third-order valence-corrected chi connectivity index (χ3v) is 3.75. The Morgan fingerprint density at radius 3 is 2.95 bits per heavy atom. The van der Waals surface area contributed by atoms with Crippen LogP contribution in [0, 0.1) is 0 Å². The molecule has 0 radical (unpaired) electrons. The van der Waals surface area contributed by atoms with Gasteiger partial charge >= 0.3 is 0 Å². The molecule has 1 aliphatic rings. The van der Waals surface area contributed by atoms with Gasteiger partial charge in [-0.25, -0.2) is 0 Å². The number of hydrogen-bond acceptors (Lipinski definition) is 3. The van der Waals surface area contributed by atoms with E-state index in [1.54, 1.807) is 24.1 Å². The van der Waals surface area contributed by atoms with E-state index in [9.17, 15) is 14.7 Å². The fourth-order valence-corrected chi connectivity index (χ4v) is 2.68. The predicted molar refractivity (Wildman–Crippen MR) is 74.8 cm³/mol. The molecule has 1 unspecified atom stereocenters. The van der Waals surface area contributed by atoms with E-state index in [0.29, 0.717) is 19.5 Å². The highest BCUT2D eigenvalue weighted by atomic mass is 79.9. The highest BCUT2D eigenvalue weighted by Gasteiger charge is 2.30. The summed E-state index contributed by atoms with van der Waals surface area (Å²) in [5, 5.41) is 9.99. The van der Waals surface area contributed by atoms with E-state index in [1.807, 2.05) is 0 Å². The summed E-state index contributed by atoms with van der Waals surface area (Å²) in [7, 11) is 0. The molecule has 104 valence electrons. The summed E-state index contributed by atoms with van der Waals surface area (Å²) in [6, 6.07) is 3.07. The molecular weight excluding hydrogens is 312 g/mol. The standard InChI is InChI=1S/C13H17BrN2O3/c1-13(19)5-2-6-15(9-13)12(18)8-16-7-10(14)3-4-11(16)17/h3-4,7,19H,2,5-6,8-9H2,1H3. The number of β-amino-alcohol motifs (C(OH)–C–C–N with tert-alkyl or cyclic N) is 1. The first-order valence-electron chi connectivity index (χ1n) is 6.23. The molecule has 0 saturated carbocycles. The van der Waals surface area contributed by atoms with Gasteiger partial charge < -0.3 is 14.6 Å². The topological polar surface area (TPSA) is 62.5 Å². The first-order valence-corrected chi connectivity index (χ1v) is 7.03. The minimum Gasteiger partial charge on any atom is -0.388 e. The molecule has 1 aliphatic heterocycles. The molecular formula is C13H17BrN2O3. The number of nitrogens with zero attached hydrogens (tertiary/aromatic N) is 2. The minimum atomic E-state index is -0.823. The summed E-state index contributed by atoms with van der Waals surface area (Å²) in [6.45, 7) is 2.71. The van der Waals surface area contributed by atoms with Crippen LogP contribution >= 0.6 is 15.9 Å². The third-order valence-electron chi connectivity index (χ3n) is 3.28. The van der Waals surface area contributed by atoms with Crippen molar-refractivity contribution < 1.29 is 9.90 Å². The first kappa shape index (κ1) is 14.3. The monoisotopic (exact) mass is 328 g/mol. The Morgan fingerprint density at radius 1 is 1.53 bits per heavy atom. The zero-order valence-electron chi connectivity index (χ0n) is 10.8. The summed E-state index contributed by atoms with van der Waals surface area (Å²) in [4.78, 5) is 25.4. The van der Waals surface area contributed by atoms with Crippen molar-refractivity contribution in [3.8, 4) is 0 Å². The molecule has 1 atom stereocenters. The first-order chi connectivity index (χ1) is 8.87. The average molecular weight is 329 g/mol. The van der Waals surface area contributed by atoms with E-state index in [4.69, 9.17) is 0 Å². The molecule has 1 saturated heterocycles. The quantitative estimate of drug-likeness (QED) is 0.880. The SMILES string of the molecule is CC1(O)CCCN(C(=O)Cn2cc(Br)ccc2=O)C1. The van der Waals surface area contributed by atoms with Gasteiger partial charge in [-0.05, 0) is 41.8 Å². The Hall–Kier alpha value is -1.14. The summed E-state index contributed by atoms with van der Waals surface area (Å²) in [6.07, 6.45) is 3.09. The molecule has 0 aromatic carbocycles. The van der Waals surface area contributed by atoms with E-state index < -0.39 is 5.60 Å². The zero-order chi connectivity index (χ0) is 14.0. The van der Waals surface area contributed by atoms with E-state index in [1.165, 1.54) is 10.6 Å². The molecule has 1 aromatic heterocycles. The molecule has 19 heavy (non-hydrogen) atoms. The molecule has 0 aliphatic carbocycles. The van der Waals surface area contributed by atoms with Crippen molar-refractivity contribution in [3.63, 3.8) is 0 Å². The van der Waals surface area contributed by atoms with Crippen LogP contribution in [-0.2, 0) is 11.3 Å². The molecule has 1 fully saturated rings. The molecule has 5 nitrogen and oxygen atoms in total. The van der Waals surface area contributed by atoms with Crippen LogP contribution in [0.1, 0.15) is 19.8 Å². The van der Waals surface area contributed by atoms with E-state index >= 15 is 0 Å². The van der Waals surface area contributed by atoms with Crippen LogP contribution in [0.15, 0.2) is 27.6 Å². The number of pyridine rings is 1. The molecule has 6 heteroatoms. The van der Waals surface area contributed by atoms with Gasteiger partial charge in [0, 0.05) is 29.8 Å². The lowest BCUT2D eigenvalue weighted by Gasteiger charge is -2.36. The van der Waals surface area contributed by atoms with Crippen LogP contribution < -0.4 is 5.56 Å².